The van der Waals surface area contributed by atoms with Crippen molar-refractivity contribution in [3.63, 3.8) is 0 Å². The van der Waals surface area contributed by atoms with E-state index in [1.165, 1.54) is 6.08 Å². The third kappa shape index (κ3) is 7.74. The molecular formula is C32H33IN2O6. The molecule has 3 aromatic carbocycles. The van der Waals surface area contributed by atoms with Crippen LogP contribution in [0.15, 0.2) is 79.4 Å². The topological polar surface area (TPSA) is 103 Å². The van der Waals surface area contributed by atoms with E-state index in [-0.39, 0.29) is 25.7 Å². The lowest BCUT2D eigenvalue weighted by Crippen LogP contribution is -2.48. The van der Waals surface area contributed by atoms with Gasteiger partial charge < -0.3 is 24.8 Å². The number of hydrogen-bond donors (Lipinski definition) is 2. The van der Waals surface area contributed by atoms with Crippen molar-refractivity contribution in [2.24, 2.45) is 0 Å². The summed E-state index contributed by atoms with van der Waals surface area (Å²) >= 11 is 2.02. The molecule has 2 N–H and O–H groups in total. The van der Waals surface area contributed by atoms with E-state index in [0.717, 1.165) is 22.3 Å². The lowest BCUT2D eigenvalue weighted by atomic mass is 9.98. The minimum Gasteiger partial charge on any atom is -0.458 e. The van der Waals surface area contributed by atoms with Crippen LogP contribution in [0.2, 0.25) is 0 Å². The van der Waals surface area contributed by atoms with Crippen LogP contribution >= 0.6 is 22.6 Å². The Morgan fingerprint density at radius 3 is 2.20 bits per heavy atom. The molecule has 0 aromatic heterocycles. The second kappa shape index (κ2) is 13.3. The highest BCUT2D eigenvalue weighted by Gasteiger charge is 2.30. The average molecular weight is 669 g/mol. The van der Waals surface area contributed by atoms with Crippen molar-refractivity contribution in [3.05, 3.63) is 99.6 Å². The second-order valence-corrected chi connectivity index (χ2v) is 11.7. The number of nitrogens with one attached hydrogen (secondary N) is 2. The van der Waals surface area contributed by atoms with Crippen LogP contribution in [0.4, 0.5) is 10.5 Å². The van der Waals surface area contributed by atoms with E-state index in [0.29, 0.717) is 14.8 Å². The number of fused-ring (bicyclic) bond motifs is 3. The highest BCUT2D eigenvalue weighted by Crippen LogP contribution is 2.44. The van der Waals surface area contributed by atoms with Gasteiger partial charge in [0.2, 0.25) is 5.91 Å². The highest BCUT2D eigenvalue weighted by atomic mass is 127. The fourth-order valence-electron chi connectivity index (χ4n) is 4.48. The van der Waals surface area contributed by atoms with Crippen LogP contribution in [0.5, 0.6) is 0 Å². The molecule has 1 aliphatic carbocycles. The Kier molecular flexibility index (Phi) is 9.82. The van der Waals surface area contributed by atoms with Gasteiger partial charge in [-0.3, -0.25) is 4.79 Å². The molecule has 0 bridgehead atoms. The SMILES string of the molecule is C=CCOC(=O)c1ccc(NC(=O)[C@H](COC(C)(C)C)NC(=O)OCC2c3ccccc3-c3ccccc32)c(I)c1. The maximum Gasteiger partial charge on any atom is 0.407 e. The van der Waals surface area contributed by atoms with E-state index in [2.05, 4.69) is 29.3 Å². The molecule has 0 radical (unpaired) electrons. The maximum atomic E-state index is 13.3. The number of esters is 1. The molecule has 0 aliphatic heterocycles. The summed E-state index contributed by atoms with van der Waals surface area (Å²) in [7, 11) is 0. The third-order valence-corrected chi connectivity index (χ3v) is 7.32. The molecule has 2 amide bonds. The van der Waals surface area contributed by atoms with Gasteiger partial charge in [0.05, 0.1) is 23.5 Å². The molecule has 0 saturated heterocycles. The molecule has 214 valence electrons. The predicted molar refractivity (Wildman–Crippen MR) is 166 cm³/mol. The molecule has 0 fully saturated rings. The van der Waals surface area contributed by atoms with Gasteiger partial charge >= 0.3 is 12.1 Å². The van der Waals surface area contributed by atoms with Crippen molar-refractivity contribution in [2.75, 3.05) is 25.1 Å². The number of rotatable bonds is 10. The molecule has 9 heteroatoms. The van der Waals surface area contributed by atoms with Crippen molar-refractivity contribution < 1.29 is 28.6 Å². The number of carbonyl (C=O) groups is 3. The summed E-state index contributed by atoms with van der Waals surface area (Å²) in [5, 5.41) is 5.49. The summed E-state index contributed by atoms with van der Waals surface area (Å²) < 4.78 is 17.2. The fraction of sp³-hybridized carbons (Fsp3) is 0.281. The van der Waals surface area contributed by atoms with Gasteiger partial charge in [-0.05, 0) is 83.8 Å². The number of carbonyl (C=O) groups excluding carboxylic acids is 3. The molecule has 1 aliphatic rings. The lowest BCUT2D eigenvalue weighted by molar-refractivity contribution is -0.121. The van der Waals surface area contributed by atoms with Crippen LogP contribution in [0.25, 0.3) is 11.1 Å². The average Bonchev–Trinajstić information content (AvgIpc) is 3.27. The Morgan fingerprint density at radius 1 is 0.976 bits per heavy atom. The summed E-state index contributed by atoms with van der Waals surface area (Å²) in [6.07, 6.45) is 0.764. The number of alkyl carbamates (subject to hydrolysis) is 1. The molecule has 1 atom stereocenters. The van der Waals surface area contributed by atoms with Gasteiger partial charge in [0.1, 0.15) is 19.3 Å². The number of benzene rings is 3. The zero-order chi connectivity index (χ0) is 29.6. The van der Waals surface area contributed by atoms with Crippen LogP contribution in [0, 0.1) is 3.57 Å². The van der Waals surface area contributed by atoms with Crippen LogP contribution in [-0.2, 0) is 19.0 Å². The van der Waals surface area contributed by atoms with Gasteiger partial charge in [-0.15, -0.1) is 0 Å². The van der Waals surface area contributed by atoms with E-state index >= 15 is 0 Å². The number of halogens is 1. The Balaban J connectivity index is 1.43. The molecule has 0 unspecified atom stereocenters. The van der Waals surface area contributed by atoms with E-state index in [1.807, 2.05) is 79.8 Å². The first kappa shape index (κ1) is 30.3. The third-order valence-electron chi connectivity index (χ3n) is 6.43. The Bertz CT molecular complexity index is 1400. The standard InChI is InChI=1S/C32H33IN2O6/c1-5-16-39-30(37)20-14-15-27(26(33)17-20)34-29(36)28(19-41-32(2,3)4)35-31(38)40-18-25-23-12-8-6-10-21(23)22-11-7-9-13-24(22)25/h5-15,17,25,28H,1,16,18-19H2,2-4H3,(H,34,36)(H,35,38)/t28-/m0/s1. The van der Waals surface area contributed by atoms with Gasteiger partial charge in [-0.25, -0.2) is 9.59 Å². The van der Waals surface area contributed by atoms with Crippen molar-refractivity contribution in [2.45, 2.75) is 38.3 Å². The van der Waals surface area contributed by atoms with Crippen molar-refractivity contribution in [3.8, 4) is 11.1 Å². The van der Waals surface area contributed by atoms with Crippen molar-refractivity contribution in [1.82, 2.24) is 5.32 Å². The van der Waals surface area contributed by atoms with E-state index < -0.39 is 29.6 Å². The molecule has 4 rings (SSSR count). The van der Waals surface area contributed by atoms with Gasteiger partial charge in [0.15, 0.2) is 0 Å². The molecule has 41 heavy (non-hydrogen) atoms. The zero-order valence-electron chi connectivity index (χ0n) is 23.2. The van der Waals surface area contributed by atoms with E-state index in [1.54, 1.807) is 18.2 Å². The van der Waals surface area contributed by atoms with E-state index in [9.17, 15) is 14.4 Å². The van der Waals surface area contributed by atoms with Crippen molar-refractivity contribution in [1.29, 1.82) is 0 Å². The first-order valence-corrected chi connectivity index (χ1v) is 14.3. The van der Waals surface area contributed by atoms with Gasteiger partial charge in [0, 0.05) is 9.49 Å². The van der Waals surface area contributed by atoms with E-state index in [4.69, 9.17) is 14.2 Å². The monoisotopic (exact) mass is 668 g/mol. The summed E-state index contributed by atoms with van der Waals surface area (Å²) in [5.41, 5.74) is 4.73. The highest BCUT2D eigenvalue weighted by molar-refractivity contribution is 14.1. The molecule has 3 aromatic rings. The summed E-state index contributed by atoms with van der Waals surface area (Å²) in [5.74, 6) is -1.08. The van der Waals surface area contributed by atoms with Gasteiger partial charge in [-0.1, -0.05) is 61.2 Å². The van der Waals surface area contributed by atoms with Crippen molar-refractivity contribution >= 4 is 46.2 Å². The molecule has 0 saturated carbocycles. The summed E-state index contributed by atoms with van der Waals surface area (Å²) in [6.45, 7) is 9.28. The quantitative estimate of drug-likeness (QED) is 0.150. The first-order valence-electron chi connectivity index (χ1n) is 13.2. The number of ether oxygens (including phenoxy) is 3. The number of anilines is 1. The largest absolute Gasteiger partial charge is 0.458 e. The van der Waals surface area contributed by atoms with Gasteiger partial charge in [0.25, 0.3) is 0 Å². The molecule has 8 nitrogen and oxygen atoms in total. The Morgan fingerprint density at radius 2 is 1.61 bits per heavy atom. The molecule has 0 heterocycles. The first-order chi connectivity index (χ1) is 19.6. The fourth-order valence-corrected chi connectivity index (χ4v) is 5.13. The minimum atomic E-state index is -1.03. The normalized spacial score (nSPS) is 13.0. The smallest absolute Gasteiger partial charge is 0.407 e. The molecular weight excluding hydrogens is 635 g/mol. The number of hydrogen-bond acceptors (Lipinski definition) is 6. The minimum absolute atomic E-state index is 0.0674. The van der Waals surface area contributed by atoms with Crippen LogP contribution in [0.3, 0.4) is 0 Å². The Labute approximate surface area is 253 Å². The van der Waals surface area contributed by atoms with Gasteiger partial charge in [-0.2, -0.15) is 0 Å². The molecule has 0 spiro atoms. The predicted octanol–water partition coefficient (Wildman–Crippen LogP) is 6.29. The summed E-state index contributed by atoms with van der Waals surface area (Å²) in [4.78, 5) is 38.4. The Hall–Kier alpha value is -3.70. The van der Waals surface area contributed by atoms with Crippen LogP contribution in [0.1, 0.15) is 48.2 Å². The second-order valence-electron chi connectivity index (χ2n) is 10.5. The number of amides is 2. The zero-order valence-corrected chi connectivity index (χ0v) is 25.4. The van der Waals surface area contributed by atoms with Crippen LogP contribution in [-0.4, -0.2) is 49.4 Å². The summed E-state index contributed by atoms with van der Waals surface area (Å²) in [6, 6.07) is 19.9. The maximum absolute atomic E-state index is 13.3. The van der Waals surface area contributed by atoms with Crippen LogP contribution < -0.4 is 10.6 Å². The lowest BCUT2D eigenvalue weighted by Gasteiger charge is -2.25.